The Labute approximate surface area is 90.2 Å². The molecule has 1 aliphatic carbocycles. The summed E-state index contributed by atoms with van der Waals surface area (Å²) in [7, 11) is 1.38. The number of ether oxygens (including phenoxy) is 1. The summed E-state index contributed by atoms with van der Waals surface area (Å²) in [6.07, 6.45) is 2.81. The number of rotatable bonds is 3. The van der Waals surface area contributed by atoms with E-state index in [1.54, 1.807) is 0 Å². The van der Waals surface area contributed by atoms with E-state index in [0.29, 0.717) is 13.0 Å². The molecule has 4 nitrogen and oxygen atoms in total. The maximum absolute atomic E-state index is 11.4. The summed E-state index contributed by atoms with van der Waals surface area (Å²) in [6.45, 7) is 2.65. The highest BCUT2D eigenvalue weighted by atomic mass is 16.5. The van der Waals surface area contributed by atoms with Crippen LogP contribution >= 0.6 is 0 Å². The predicted octanol–water partition coefficient (Wildman–Crippen LogP) is 0.252. The number of carbonyl (C=O) groups excluding carboxylic acids is 1. The van der Waals surface area contributed by atoms with Gasteiger partial charge in [-0.1, -0.05) is 0 Å². The molecule has 15 heavy (non-hydrogen) atoms. The summed E-state index contributed by atoms with van der Waals surface area (Å²) in [5, 5.41) is 9.71. The Kier molecular flexibility index (Phi) is 3.26. The van der Waals surface area contributed by atoms with E-state index >= 15 is 0 Å². The molecule has 1 saturated carbocycles. The third-order valence-corrected chi connectivity index (χ3v) is 3.38. The van der Waals surface area contributed by atoms with Crippen molar-refractivity contribution in [2.45, 2.75) is 25.4 Å². The Balaban J connectivity index is 1.87. The van der Waals surface area contributed by atoms with Gasteiger partial charge >= 0.3 is 5.97 Å². The number of aliphatic hydroxyl groups excluding tert-OH is 1. The average Bonchev–Trinajstić information content (AvgIpc) is 3.04. The molecule has 0 aromatic rings. The molecule has 0 aromatic carbocycles. The van der Waals surface area contributed by atoms with Crippen molar-refractivity contribution < 1.29 is 14.6 Å². The molecule has 2 fully saturated rings. The van der Waals surface area contributed by atoms with Crippen molar-refractivity contribution in [1.29, 1.82) is 0 Å². The number of aliphatic hydroxyl groups is 1. The molecule has 0 unspecified atom stereocenters. The van der Waals surface area contributed by atoms with E-state index in [9.17, 15) is 9.90 Å². The molecule has 0 bridgehead atoms. The van der Waals surface area contributed by atoms with Crippen molar-refractivity contribution in [2.24, 2.45) is 11.8 Å². The standard InChI is InChI=1S/C11H19NO3/c1-15-11(14)9-7-12(5-4-10(9)13)6-8-2-3-8/h8-10,13H,2-7H2,1H3/t9-,10-/m1/s1. The summed E-state index contributed by atoms with van der Waals surface area (Å²) < 4.78 is 4.70. The molecule has 2 aliphatic rings. The number of methoxy groups -OCH3 is 1. The monoisotopic (exact) mass is 213 g/mol. The van der Waals surface area contributed by atoms with Crippen LogP contribution in [-0.4, -0.2) is 48.8 Å². The van der Waals surface area contributed by atoms with Crippen molar-refractivity contribution in [1.82, 2.24) is 4.90 Å². The third-order valence-electron chi connectivity index (χ3n) is 3.38. The summed E-state index contributed by atoms with van der Waals surface area (Å²) in [5.74, 6) is 0.212. The second-order valence-corrected chi connectivity index (χ2v) is 4.69. The van der Waals surface area contributed by atoms with Crippen LogP contribution < -0.4 is 0 Å². The van der Waals surface area contributed by atoms with Crippen LogP contribution in [0.2, 0.25) is 0 Å². The molecule has 86 valence electrons. The molecule has 4 heteroatoms. The molecule has 1 aliphatic heterocycles. The summed E-state index contributed by atoms with van der Waals surface area (Å²) in [5.41, 5.74) is 0. The Bertz CT molecular complexity index is 240. The Morgan fingerprint density at radius 3 is 2.80 bits per heavy atom. The maximum atomic E-state index is 11.4. The number of hydrogen-bond acceptors (Lipinski definition) is 4. The first-order valence-electron chi connectivity index (χ1n) is 5.69. The van der Waals surface area contributed by atoms with Crippen LogP contribution in [0.3, 0.4) is 0 Å². The fraction of sp³-hybridized carbons (Fsp3) is 0.909. The van der Waals surface area contributed by atoms with Gasteiger partial charge < -0.3 is 14.7 Å². The van der Waals surface area contributed by atoms with E-state index in [1.807, 2.05) is 0 Å². The van der Waals surface area contributed by atoms with E-state index in [2.05, 4.69) is 4.90 Å². The minimum absolute atomic E-state index is 0.275. The maximum Gasteiger partial charge on any atom is 0.312 e. The number of likely N-dealkylation sites (tertiary alicyclic amines) is 1. The number of hydrogen-bond donors (Lipinski definition) is 1. The molecular weight excluding hydrogens is 194 g/mol. The van der Waals surface area contributed by atoms with Gasteiger partial charge in [0.2, 0.25) is 0 Å². The molecular formula is C11H19NO3. The van der Waals surface area contributed by atoms with Crippen LogP contribution in [0.15, 0.2) is 0 Å². The smallest absolute Gasteiger partial charge is 0.312 e. The van der Waals surface area contributed by atoms with Gasteiger partial charge in [-0.05, 0) is 25.2 Å². The van der Waals surface area contributed by atoms with E-state index < -0.39 is 6.10 Å². The lowest BCUT2D eigenvalue weighted by atomic mass is 9.94. The van der Waals surface area contributed by atoms with Crippen molar-refractivity contribution in [3.63, 3.8) is 0 Å². The van der Waals surface area contributed by atoms with Gasteiger partial charge in [0.25, 0.3) is 0 Å². The number of carbonyl (C=O) groups is 1. The Morgan fingerprint density at radius 1 is 1.47 bits per heavy atom. The lowest BCUT2D eigenvalue weighted by molar-refractivity contribution is -0.152. The van der Waals surface area contributed by atoms with Crippen molar-refractivity contribution in [3.05, 3.63) is 0 Å². The molecule has 1 saturated heterocycles. The highest BCUT2D eigenvalue weighted by molar-refractivity contribution is 5.73. The highest BCUT2D eigenvalue weighted by Crippen LogP contribution is 2.31. The van der Waals surface area contributed by atoms with Gasteiger partial charge in [0.05, 0.1) is 19.1 Å². The highest BCUT2D eigenvalue weighted by Gasteiger charge is 2.35. The SMILES string of the molecule is COC(=O)[C@@H]1CN(CC2CC2)CC[C@H]1O. The molecule has 0 spiro atoms. The van der Waals surface area contributed by atoms with E-state index in [-0.39, 0.29) is 11.9 Å². The molecule has 0 amide bonds. The fourth-order valence-corrected chi connectivity index (χ4v) is 2.22. The van der Waals surface area contributed by atoms with Gasteiger partial charge in [0, 0.05) is 19.6 Å². The number of esters is 1. The summed E-state index contributed by atoms with van der Waals surface area (Å²) >= 11 is 0. The summed E-state index contributed by atoms with van der Waals surface area (Å²) in [4.78, 5) is 13.7. The first kappa shape index (κ1) is 10.9. The minimum atomic E-state index is -0.520. The normalized spacial score (nSPS) is 32.7. The van der Waals surface area contributed by atoms with Gasteiger partial charge in [-0.25, -0.2) is 0 Å². The Hall–Kier alpha value is -0.610. The fourth-order valence-electron chi connectivity index (χ4n) is 2.22. The molecule has 1 N–H and O–H groups in total. The largest absolute Gasteiger partial charge is 0.469 e. The van der Waals surface area contributed by atoms with Gasteiger partial charge in [-0.3, -0.25) is 4.79 Å². The van der Waals surface area contributed by atoms with Crippen LogP contribution in [0.4, 0.5) is 0 Å². The quantitative estimate of drug-likeness (QED) is 0.683. The van der Waals surface area contributed by atoms with Gasteiger partial charge in [-0.2, -0.15) is 0 Å². The van der Waals surface area contributed by atoms with Crippen LogP contribution in [0.25, 0.3) is 0 Å². The van der Waals surface area contributed by atoms with Gasteiger partial charge in [0.1, 0.15) is 0 Å². The molecule has 2 rings (SSSR count). The molecule has 0 aromatic heterocycles. The van der Waals surface area contributed by atoms with Crippen LogP contribution in [0.5, 0.6) is 0 Å². The topological polar surface area (TPSA) is 49.8 Å². The Morgan fingerprint density at radius 2 is 2.20 bits per heavy atom. The van der Waals surface area contributed by atoms with Crippen LogP contribution in [0, 0.1) is 11.8 Å². The van der Waals surface area contributed by atoms with Crippen molar-refractivity contribution >= 4 is 5.97 Å². The average molecular weight is 213 g/mol. The van der Waals surface area contributed by atoms with Gasteiger partial charge in [-0.15, -0.1) is 0 Å². The van der Waals surface area contributed by atoms with Crippen LogP contribution in [-0.2, 0) is 9.53 Å². The van der Waals surface area contributed by atoms with Crippen molar-refractivity contribution in [2.75, 3.05) is 26.7 Å². The van der Waals surface area contributed by atoms with E-state index in [0.717, 1.165) is 19.0 Å². The van der Waals surface area contributed by atoms with Crippen molar-refractivity contribution in [3.8, 4) is 0 Å². The zero-order valence-electron chi connectivity index (χ0n) is 9.19. The van der Waals surface area contributed by atoms with E-state index in [1.165, 1.54) is 20.0 Å². The molecule has 2 atom stereocenters. The lowest BCUT2D eigenvalue weighted by Gasteiger charge is -2.34. The first-order valence-corrected chi connectivity index (χ1v) is 5.69. The second kappa shape index (κ2) is 4.49. The van der Waals surface area contributed by atoms with Crippen LogP contribution in [0.1, 0.15) is 19.3 Å². The minimum Gasteiger partial charge on any atom is -0.469 e. The molecule has 1 heterocycles. The first-order chi connectivity index (χ1) is 7.20. The zero-order chi connectivity index (χ0) is 10.8. The third kappa shape index (κ3) is 2.69. The summed E-state index contributed by atoms with van der Waals surface area (Å²) in [6, 6.07) is 0. The second-order valence-electron chi connectivity index (χ2n) is 4.69. The van der Waals surface area contributed by atoms with Gasteiger partial charge in [0.15, 0.2) is 0 Å². The predicted molar refractivity (Wildman–Crippen MR) is 55.3 cm³/mol. The van der Waals surface area contributed by atoms with E-state index in [4.69, 9.17) is 4.74 Å². The molecule has 0 radical (unpaired) electrons. The zero-order valence-corrected chi connectivity index (χ0v) is 9.19. The number of piperidine rings is 1. The lowest BCUT2D eigenvalue weighted by Crippen LogP contribution is -2.47. The number of nitrogens with zero attached hydrogens (tertiary/aromatic N) is 1.